The molecule has 0 spiro atoms. The number of amides is 2. The van der Waals surface area contributed by atoms with E-state index in [1.165, 1.54) is 21.1 Å². The van der Waals surface area contributed by atoms with Crippen LogP contribution >= 0.6 is 0 Å². The fraction of sp³-hybridized carbons (Fsp3) is 0.800. The number of esters is 1. The lowest BCUT2D eigenvalue weighted by Gasteiger charge is -2.68. The van der Waals surface area contributed by atoms with Gasteiger partial charge in [-0.15, -0.1) is 0 Å². The van der Waals surface area contributed by atoms with Crippen LogP contribution in [0, 0.1) is 10.8 Å². The van der Waals surface area contributed by atoms with Gasteiger partial charge in [0, 0.05) is 14.0 Å². The van der Waals surface area contributed by atoms with E-state index in [4.69, 9.17) is 9.47 Å². The second-order valence-corrected chi connectivity index (χ2v) is 6.61. The molecule has 3 saturated carbocycles. The number of hydrogen-bond donors (Lipinski definition) is 2. The summed E-state index contributed by atoms with van der Waals surface area (Å²) in [6.07, 6.45) is 1.91. The molecule has 0 radical (unpaired) electrons. The van der Waals surface area contributed by atoms with Crippen molar-refractivity contribution in [1.82, 2.24) is 10.6 Å². The van der Waals surface area contributed by atoms with Crippen LogP contribution in [0.4, 0.5) is 0 Å². The van der Waals surface area contributed by atoms with Gasteiger partial charge in [0.2, 0.25) is 11.8 Å². The van der Waals surface area contributed by atoms with Crippen LogP contribution in [0.3, 0.4) is 0 Å². The molecule has 0 heterocycles. The molecule has 2 N–H and O–H groups in total. The Kier molecular flexibility index (Phi) is 4.47. The fourth-order valence-electron chi connectivity index (χ4n) is 3.76. The second kappa shape index (κ2) is 5.87. The van der Waals surface area contributed by atoms with Crippen LogP contribution in [0.2, 0.25) is 0 Å². The topological polar surface area (TPSA) is 93.7 Å². The maximum atomic E-state index is 11.8. The summed E-state index contributed by atoms with van der Waals surface area (Å²) in [5.41, 5.74) is -0.259. The molecular weight excluding hydrogens is 288 g/mol. The average molecular weight is 312 g/mol. The zero-order chi connectivity index (χ0) is 16.5. The lowest BCUT2D eigenvalue weighted by atomic mass is 9.35. The Balaban J connectivity index is 1.83. The van der Waals surface area contributed by atoms with Gasteiger partial charge in [-0.3, -0.25) is 14.4 Å². The summed E-state index contributed by atoms with van der Waals surface area (Å²) in [7, 11) is 2.93. The highest BCUT2D eigenvalue weighted by atomic mass is 16.5. The van der Waals surface area contributed by atoms with Crippen molar-refractivity contribution in [2.24, 2.45) is 10.8 Å². The van der Waals surface area contributed by atoms with Gasteiger partial charge in [-0.05, 0) is 31.6 Å². The molecule has 2 bridgehead atoms. The largest absolute Gasteiger partial charge is 0.469 e. The quantitative estimate of drug-likeness (QED) is 0.645. The summed E-state index contributed by atoms with van der Waals surface area (Å²) in [6, 6.07) is -0.718. The van der Waals surface area contributed by atoms with Crippen molar-refractivity contribution in [2.75, 3.05) is 20.8 Å². The molecule has 7 nitrogen and oxygen atoms in total. The molecule has 7 heteroatoms. The maximum absolute atomic E-state index is 11.8. The molecule has 0 aliphatic heterocycles. The molecule has 22 heavy (non-hydrogen) atoms. The van der Waals surface area contributed by atoms with Crippen molar-refractivity contribution in [3.05, 3.63) is 0 Å². The van der Waals surface area contributed by atoms with E-state index in [1.54, 1.807) is 6.92 Å². The zero-order valence-corrected chi connectivity index (χ0v) is 13.5. The number of nitrogens with one attached hydrogen (secondary N) is 2. The molecule has 3 aliphatic rings. The van der Waals surface area contributed by atoms with Gasteiger partial charge in [-0.2, -0.15) is 0 Å². The Bertz CT molecular complexity index is 471. The van der Waals surface area contributed by atoms with Gasteiger partial charge < -0.3 is 20.1 Å². The monoisotopic (exact) mass is 312 g/mol. The summed E-state index contributed by atoms with van der Waals surface area (Å²) >= 11 is 0. The lowest BCUT2D eigenvalue weighted by molar-refractivity contribution is -0.245. The molecule has 3 rings (SSSR count). The van der Waals surface area contributed by atoms with Crippen molar-refractivity contribution in [3.63, 3.8) is 0 Å². The second-order valence-electron chi connectivity index (χ2n) is 6.61. The van der Waals surface area contributed by atoms with E-state index < -0.39 is 12.1 Å². The number of ether oxygens (including phenoxy) is 2. The third kappa shape index (κ3) is 2.82. The van der Waals surface area contributed by atoms with Gasteiger partial charge >= 0.3 is 5.97 Å². The number of rotatable bonds is 7. The highest BCUT2D eigenvalue weighted by Crippen LogP contribution is 2.73. The molecule has 0 aromatic carbocycles. The molecular formula is C15H24N2O5. The van der Waals surface area contributed by atoms with E-state index in [9.17, 15) is 14.4 Å². The fourth-order valence-corrected chi connectivity index (χ4v) is 3.76. The van der Waals surface area contributed by atoms with E-state index in [1.807, 2.05) is 0 Å². The highest BCUT2D eigenvalue weighted by Gasteiger charge is 2.72. The Morgan fingerprint density at radius 1 is 1.23 bits per heavy atom. The van der Waals surface area contributed by atoms with Crippen molar-refractivity contribution >= 4 is 17.8 Å². The minimum absolute atomic E-state index is 0.0336. The summed E-state index contributed by atoms with van der Waals surface area (Å²) in [5.74, 6) is -0.700. The van der Waals surface area contributed by atoms with Gasteiger partial charge in [0.15, 0.2) is 0 Å². The van der Waals surface area contributed by atoms with Crippen LogP contribution in [0.25, 0.3) is 0 Å². The molecule has 0 aromatic heterocycles. The minimum Gasteiger partial charge on any atom is -0.469 e. The number of methoxy groups -OCH3 is 1. The molecule has 3 aliphatic carbocycles. The van der Waals surface area contributed by atoms with Gasteiger partial charge in [0.25, 0.3) is 0 Å². The van der Waals surface area contributed by atoms with E-state index in [2.05, 4.69) is 10.6 Å². The molecule has 2 atom stereocenters. The third-order valence-electron chi connectivity index (χ3n) is 4.77. The first kappa shape index (κ1) is 16.7. The van der Waals surface area contributed by atoms with E-state index in [-0.39, 0.29) is 28.6 Å². The SMILES string of the molecule is CNC(=O)C(NC(C)=O)C(C)OCC12CC(C(=O)OC)(C1)C2. The molecule has 0 aromatic rings. The zero-order valence-electron chi connectivity index (χ0n) is 13.5. The Labute approximate surface area is 130 Å². The van der Waals surface area contributed by atoms with Gasteiger partial charge in [0.1, 0.15) is 6.04 Å². The van der Waals surface area contributed by atoms with Gasteiger partial charge in [0.05, 0.1) is 25.2 Å². The highest BCUT2D eigenvalue weighted by molar-refractivity contribution is 5.87. The first-order chi connectivity index (χ1) is 10.3. The Morgan fingerprint density at radius 3 is 2.27 bits per heavy atom. The number of hydrogen-bond acceptors (Lipinski definition) is 5. The van der Waals surface area contributed by atoms with Crippen LogP contribution in [0.5, 0.6) is 0 Å². The van der Waals surface area contributed by atoms with Crippen LogP contribution < -0.4 is 10.6 Å². The van der Waals surface area contributed by atoms with Crippen LogP contribution in [0.15, 0.2) is 0 Å². The first-order valence-corrected chi connectivity index (χ1v) is 7.46. The predicted octanol–water partition coefficient (Wildman–Crippen LogP) is -0.0145. The summed E-state index contributed by atoms with van der Waals surface area (Å²) in [6.45, 7) is 3.61. The average Bonchev–Trinajstić information content (AvgIpc) is 2.40. The summed E-state index contributed by atoms with van der Waals surface area (Å²) < 4.78 is 10.6. The molecule has 3 fully saturated rings. The van der Waals surface area contributed by atoms with Crippen molar-refractivity contribution < 1.29 is 23.9 Å². The molecule has 2 unspecified atom stereocenters. The molecule has 2 amide bonds. The van der Waals surface area contributed by atoms with Crippen LogP contribution in [-0.4, -0.2) is 50.7 Å². The van der Waals surface area contributed by atoms with E-state index in [0.29, 0.717) is 6.61 Å². The van der Waals surface area contributed by atoms with Crippen molar-refractivity contribution in [3.8, 4) is 0 Å². The summed E-state index contributed by atoms with van der Waals surface area (Å²) in [4.78, 5) is 34.7. The normalized spacial score (nSPS) is 31.1. The Hall–Kier alpha value is -1.63. The van der Waals surface area contributed by atoms with Gasteiger partial charge in [-0.25, -0.2) is 0 Å². The van der Waals surface area contributed by atoms with Crippen molar-refractivity contribution in [2.45, 2.75) is 45.3 Å². The number of likely N-dealkylation sites (N-methyl/N-ethyl adjacent to an activating group) is 1. The lowest BCUT2D eigenvalue weighted by Crippen LogP contribution is -2.67. The molecule has 0 saturated heterocycles. The molecule has 124 valence electrons. The number of carbonyl (C=O) groups is 3. The van der Waals surface area contributed by atoms with E-state index >= 15 is 0 Å². The van der Waals surface area contributed by atoms with Crippen molar-refractivity contribution in [1.29, 1.82) is 0 Å². The standard InChI is InChI=1S/C15H24N2O5/c1-9(11(12(19)16-3)17-10(2)18)22-8-14-5-15(6-14,7-14)13(20)21-4/h9,11H,5-8H2,1-4H3,(H,16,19)(H,17,18). The smallest absolute Gasteiger partial charge is 0.311 e. The first-order valence-electron chi connectivity index (χ1n) is 7.46. The summed E-state index contributed by atoms with van der Waals surface area (Å²) in [5, 5.41) is 5.12. The number of carbonyl (C=O) groups excluding carboxylic acids is 3. The minimum atomic E-state index is -0.718. The van der Waals surface area contributed by atoms with Crippen LogP contribution in [-0.2, 0) is 23.9 Å². The maximum Gasteiger partial charge on any atom is 0.311 e. The van der Waals surface area contributed by atoms with E-state index in [0.717, 1.165) is 19.3 Å². The van der Waals surface area contributed by atoms with Gasteiger partial charge in [-0.1, -0.05) is 0 Å². The Morgan fingerprint density at radius 2 is 1.82 bits per heavy atom. The predicted molar refractivity (Wildman–Crippen MR) is 77.8 cm³/mol. The van der Waals surface area contributed by atoms with Crippen LogP contribution in [0.1, 0.15) is 33.1 Å². The third-order valence-corrected chi connectivity index (χ3v) is 4.77.